The number of aromatic nitrogens is 3. The molecule has 4 nitrogen and oxygen atoms in total. The van der Waals surface area contributed by atoms with Crippen molar-refractivity contribution in [1.29, 1.82) is 0 Å². The number of nitrogens with zero attached hydrogens (tertiary/aromatic N) is 3. The molecule has 0 amide bonds. The minimum absolute atomic E-state index is 0.612. The van der Waals surface area contributed by atoms with E-state index in [9.17, 15) is 0 Å². The number of fused-ring (bicyclic) bond motifs is 5. The molecule has 0 N–H and O–H groups in total. The van der Waals surface area contributed by atoms with Crippen LogP contribution in [-0.2, 0) is 0 Å². The summed E-state index contributed by atoms with van der Waals surface area (Å²) in [6.45, 7) is 0. The van der Waals surface area contributed by atoms with Gasteiger partial charge in [0.25, 0.3) is 0 Å². The third kappa shape index (κ3) is 4.27. The van der Waals surface area contributed by atoms with E-state index in [4.69, 9.17) is 19.4 Å². The van der Waals surface area contributed by atoms with Crippen molar-refractivity contribution in [2.24, 2.45) is 0 Å². The first-order chi connectivity index (χ1) is 22.3. The Bertz CT molecular complexity index is 2540. The summed E-state index contributed by atoms with van der Waals surface area (Å²) in [4.78, 5) is 15.1. The van der Waals surface area contributed by atoms with Crippen molar-refractivity contribution in [2.75, 3.05) is 0 Å². The Morgan fingerprint density at radius 2 is 0.933 bits per heavy atom. The number of rotatable bonds is 4. The van der Waals surface area contributed by atoms with Crippen molar-refractivity contribution in [2.45, 2.75) is 0 Å². The Labute approximate surface area is 259 Å². The molecule has 210 valence electrons. The van der Waals surface area contributed by atoms with Gasteiger partial charge in [-0.25, -0.2) is 15.0 Å². The first kappa shape index (κ1) is 25.4. The lowest BCUT2D eigenvalue weighted by atomic mass is 9.93. The molecule has 2 heterocycles. The second-order valence-electron chi connectivity index (χ2n) is 11.2. The van der Waals surface area contributed by atoms with Crippen molar-refractivity contribution < 1.29 is 4.42 Å². The largest absolute Gasteiger partial charge is 0.456 e. The summed E-state index contributed by atoms with van der Waals surface area (Å²) >= 11 is 0. The zero-order valence-electron chi connectivity index (χ0n) is 24.2. The van der Waals surface area contributed by atoms with Crippen molar-refractivity contribution >= 4 is 43.5 Å². The van der Waals surface area contributed by atoms with E-state index in [0.717, 1.165) is 44.0 Å². The topological polar surface area (TPSA) is 51.8 Å². The van der Waals surface area contributed by atoms with E-state index in [1.165, 1.54) is 27.3 Å². The third-order valence-electron chi connectivity index (χ3n) is 8.53. The minimum atomic E-state index is 0.612. The highest BCUT2D eigenvalue weighted by Crippen LogP contribution is 2.38. The smallest absolute Gasteiger partial charge is 0.164 e. The van der Waals surface area contributed by atoms with Gasteiger partial charge in [0, 0.05) is 27.5 Å². The van der Waals surface area contributed by atoms with E-state index in [1.54, 1.807) is 0 Å². The maximum Gasteiger partial charge on any atom is 0.164 e. The average molecular weight is 576 g/mol. The lowest BCUT2D eigenvalue weighted by Crippen LogP contribution is -2.00. The normalized spacial score (nSPS) is 11.6. The van der Waals surface area contributed by atoms with Crippen LogP contribution < -0.4 is 0 Å². The first-order valence-corrected chi connectivity index (χ1v) is 15.0. The fourth-order valence-corrected chi connectivity index (χ4v) is 6.42. The van der Waals surface area contributed by atoms with Crippen molar-refractivity contribution in [1.82, 2.24) is 15.0 Å². The van der Waals surface area contributed by atoms with Gasteiger partial charge in [-0.2, -0.15) is 0 Å². The number of furan rings is 1. The van der Waals surface area contributed by atoms with Crippen molar-refractivity contribution in [3.05, 3.63) is 152 Å². The van der Waals surface area contributed by atoms with Crippen LogP contribution in [-0.4, -0.2) is 15.0 Å². The fourth-order valence-electron chi connectivity index (χ4n) is 6.42. The predicted octanol–water partition coefficient (Wildman–Crippen LogP) is 10.7. The van der Waals surface area contributed by atoms with Gasteiger partial charge < -0.3 is 4.42 Å². The SMILES string of the molecule is c1ccc(-c2nc(-c3ccc4c(-c5cccc6ccccc56)cccc4c3)nc(-c3cccc4oc5ccccc5c34)n2)cc1. The maximum absolute atomic E-state index is 6.20. The molecule has 0 aliphatic heterocycles. The molecule has 2 aromatic heterocycles. The predicted molar refractivity (Wildman–Crippen MR) is 184 cm³/mol. The lowest BCUT2D eigenvalue weighted by molar-refractivity contribution is 0.669. The summed E-state index contributed by atoms with van der Waals surface area (Å²) in [6.07, 6.45) is 0. The molecule has 0 aliphatic carbocycles. The molecule has 7 aromatic carbocycles. The second kappa shape index (κ2) is 10.2. The molecule has 0 saturated heterocycles. The number of benzene rings is 7. The fraction of sp³-hybridized carbons (Fsp3) is 0. The van der Waals surface area contributed by atoms with Gasteiger partial charge in [0.15, 0.2) is 17.5 Å². The Kier molecular flexibility index (Phi) is 5.78. The Hall–Kier alpha value is -6.13. The molecule has 0 unspecified atom stereocenters. The van der Waals surface area contributed by atoms with Gasteiger partial charge in [-0.05, 0) is 50.9 Å². The molecule has 0 radical (unpaired) electrons. The van der Waals surface area contributed by atoms with Crippen LogP contribution in [0.1, 0.15) is 0 Å². The summed E-state index contributed by atoms with van der Waals surface area (Å²) in [5, 5.41) is 6.83. The molecule has 45 heavy (non-hydrogen) atoms. The second-order valence-corrected chi connectivity index (χ2v) is 11.2. The van der Waals surface area contributed by atoms with E-state index < -0.39 is 0 Å². The van der Waals surface area contributed by atoms with Crippen LogP contribution in [0.5, 0.6) is 0 Å². The summed E-state index contributed by atoms with van der Waals surface area (Å²) in [7, 11) is 0. The van der Waals surface area contributed by atoms with Gasteiger partial charge in [0.05, 0.1) is 0 Å². The summed E-state index contributed by atoms with van der Waals surface area (Å²) in [5.41, 5.74) is 6.86. The molecular formula is C41H25N3O. The van der Waals surface area contributed by atoms with E-state index >= 15 is 0 Å². The molecule has 0 saturated carbocycles. The molecule has 0 atom stereocenters. The number of para-hydroxylation sites is 1. The molecule has 0 fully saturated rings. The van der Waals surface area contributed by atoms with Crippen LogP contribution in [0, 0.1) is 0 Å². The van der Waals surface area contributed by atoms with Gasteiger partial charge in [-0.1, -0.05) is 133 Å². The van der Waals surface area contributed by atoms with Crippen LogP contribution in [0.4, 0.5) is 0 Å². The van der Waals surface area contributed by atoms with Gasteiger partial charge in [0.1, 0.15) is 11.2 Å². The monoisotopic (exact) mass is 575 g/mol. The Morgan fingerprint density at radius 3 is 1.78 bits per heavy atom. The summed E-state index contributed by atoms with van der Waals surface area (Å²) < 4.78 is 6.20. The summed E-state index contributed by atoms with van der Waals surface area (Å²) in [5.74, 6) is 1.87. The third-order valence-corrected chi connectivity index (χ3v) is 8.53. The molecule has 9 rings (SSSR count). The quantitative estimate of drug-likeness (QED) is 0.209. The molecular weight excluding hydrogens is 550 g/mol. The molecule has 0 spiro atoms. The Morgan fingerprint density at radius 1 is 0.356 bits per heavy atom. The minimum Gasteiger partial charge on any atom is -0.456 e. The number of hydrogen-bond acceptors (Lipinski definition) is 4. The molecule has 4 heteroatoms. The van der Waals surface area contributed by atoms with Crippen LogP contribution in [0.3, 0.4) is 0 Å². The van der Waals surface area contributed by atoms with Crippen LogP contribution in [0.15, 0.2) is 156 Å². The van der Waals surface area contributed by atoms with Gasteiger partial charge in [0.2, 0.25) is 0 Å². The van der Waals surface area contributed by atoms with Crippen LogP contribution in [0.2, 0.25) is 0 Å². The van der Waals surface area contributed by atoms with Crippen LogP contribution >= 0.6 is 0 Å². The highest BCUT2D eigenvalue weighted by molar-refractivity contribution is 6.12. The zero-order chi connectivity index (χ0) is 29.7. The van der Waals surface area contributed by atoms with Crippen LogP contribution in [0.25, 0.3) is 88.8 Å². The Balaban J connectivity index is 1.25. The number of hydrogen-bond donors (Lipinski definition) is 0. The highest BCUT2D eigenvalue weighted by atomic mass is 16.3. The maximum atomic E-state index is 6.20. The standard InChI is InChI=1S/C41H25N3O/c1-2-12-27(13-3-1)39-42-40(44-41(43-39)35-20-10-22-37-38(35)34-17-6-7-21-36(34)45-37)29-23-24-31-28(25-29)15-9-19-33(31)32-18-8-14-26-11-4-5-16-30(26)32/h1-25H. The first-order valence-electron chi connectivity index (χ1n) is 15.0. The van der Waals surface area contributed by atoms with E-state index in [2.05, 4.69) is 91.0 Å². The van der Waals surface area contributed by atoms with Crippen molar-refractivity contribution in [3.8, 4) is 45.3 Å². The molecule has 0 bridgehead atoms. The highest BCUT2D eigenvalue weighted by Gasteiger charge is 2.18. The lowest BCUT2D eigenvalue weighted by Gasteiger charge is -2.12. The van der Waals surface area contributed by atoms with Gasteiger partial charge >= 0.3 is 0 Å². The zero-order valence-corrected chi connectivity index (χ0v) is 24.2. The summed E-state index contributed by atoms with van der Waals surface area (Å²) in [6, 6.07) is 52.3. The van der Waals surface area contributed by atoms with E-state index in [0.29, 0.717) is 17.5 Å². The molecule has 9 aromatic rings. The van der Waals surface area contributed by atoms with Gasteiger partial charge in [-0.3, -0.25) is 0 Å². The van der Waals surface area contributed by atoms with E-state index in [1.807, 2.05) is 60.7 Å². The average Bonchev–Trinajstić information content (AvgIpc) is 3.50. The van der Waals surface area contributed by atoms with E-state index in [-0.39, 0.29) is 0 Å². The van der Waals surface area contributed by atoms with Crippen molar-refractivity contribution in [3.63, 3.8) is 0 Å². The van der Waals surface area contributed by atoms with Gasteiger partial charge in [-0.15, -0.1) is 0 Å². The molecule has 0 aliphatic rings.